The average Bonchev–Trinajstić information content (AvgIpc) is 2.92. The molecule has 1 N–H and O–H groups in total. The van der Waals surface area contributed by atoms with Crippen molar-refractivity contribution in [3.05, 3.63) is 11.2 Å². The molecule has 0 aromatic carbocycles. The number of aromatic nitrogens is 5. The van der Waals surface area contributed by atoms with Gasteiger partial charge in [0.25, 0.3) is 0 Å². The summed E-state index contributed by atoms with van der Waals surface area (Å²) in [5.41, 5.74) is -0.276. The first-order valence-electron chi connectivity index (χ1n) is 6.21. The van der Waals surface area contributed by atoms with Crippen LogP contribution in [0.3, 0.4) is 0 Å². The molecule has 2 rings (SSSR count). The van der Waals surface area contributed by atoms with Crippen molar-refractivity contribution in [3.8, 4) is 10.7 Å². The number of carboxylic acids is 1. The van der Waals surface area contributed by atoms with E-state index >= 15 is 0 Å². The van der Waals surface area contributed by atoms with Gasteiger partial charge in [0.15, 0.2) is 5.82 Å². The zero-order valence-corrected chi connectivity index (χ0v) is 12.7. The number of carbonyl (C=O) groups is 1. The van der Waals surface area contributed by atoms with Crippen molar-refractivity contribution in [1.82, 2.24) is 25.2 Å². The Bertz CT molecular complexity index is 613. The third-order valence-electron chi connectivity index (χ3n) is 3.00. The Morgan fingerprint density at radius 3 is 2.70 bits per heavy atom. The van der Waals surface area contributed by atoms with Crippen LogP contribution >= 0.6 is 11.3 Å². The highest BCUT2D eigenvalue weighted by molar-refractivity contribution is 7.14. The molecular weight excluding hydrogens is 278 g/mol. The van der Waals surface area contributed by atoms with Crippen molar-refractivity contribution in [2.45, 2.75) is 40.2 Å². The summed E-state index contributed by atoms with van der Waals surface area (Å²) in [7, 11) is 0. The summed E-state index contributed by atoms with van der Waals surface area (Å²) in [6.45, 7) is 7.83. The minimum Gasteiger partial charge on any atom is -0.481 e. The molecule has 0 aliphatic heterocycles. The molecule has 20 heavy (non-hydrogen) atoms. The van der Waals surface area contributed by atoms with Gasteiger partial charge in [-0.15, -0.1) is 16.4 Å². The van der Waals surface area contributed by atoms with Crippen LogP contribution < -0.4 is 0 Å². The number of rotatable bonds is 4. The topological polar surface area (TPSA) is 93.8 Å². The van der Waals surface area contributed by atoms with E-state index in [4.69, 9.17) is 5.11 Å². The van der Waals surface area contributed by atoms with Crippen molar-refractivity contribution < 1.29 is 9.90 Å². The van der Waals surface area contributed by atoms with Crippen LogP contribution in [0.1, 0.15) is 38.2 Å². The second-order valence-electron chi connectivity index (χ2n) is 5.67. The van der Waals surface area contributed by atoms with E-state index in [1.807, 2.05) is 27.7 Å². The molecule has 0 aliphatic rings. The van der Waals surface area contributed by atoms with Crippen molar-refractivity contribution in [2.24, 2.45) is 5.41 Å². The fraction of sp³-hybridized carbons (Fsp3) is 0.583. The Hall–Kier alpha value is -1.83. The lowest BCUT2D eigenvalue weighted by atomic mass is 9.85. The number of aliphatic carboxylic acids is 1. The molecular formula is C12H17N5O2S. The summed E-state index contributed by atoms with van der Waals surface area (Å²) in [6, 6.07) is -0.326. The molecule has 2 aromatic rings. The zero-order chi connectivity index (χ0) is 14.9. The molecule has 0 fully saturated rings. The third kappa shape index (κ3) is 3.01. The Labute approximate surface area is 120 Å². The fourth-order valence-electron chi connectivity index (χ4n) is 1.96. The smallest absolute Gasteiger partial charge is 0.305 e. The van der Waals surface area contributed by atoms with Gasteiger partial charge in [0.05, 0.1) is 22.3 Å². The molecule has 0 aliphatic carbocycles. The lowest BCUT2D eigenvalue weighted by molar-refractivity contribution is -0.138. The van der Waals surface area contributed by atoms with Gasteiger partial charge in [-0.3, -0.25) is 4.79 Å². The van der Waals surface area contributed by atoms with Crippen LogP contribution in [0.5, 0.6) is 0 Å². The average molecular weight is 295 g/mol. The lowest BCUT2D eigenvalue weighted by Gasteiger charge is -2.29. The number of thiazole rings is 1. The zero-order valence-electron chi connectivity index (χ0n) is 11.9. The number of tetrazole rings is 1. The largest absolute Gasteiger partial charge is 0.481 e. The van der Waals surface area contributed by atoms with E-state index in [0.717, 1.165) is 9.88 Å². The number of aryl methyl sites for hydroxylation is 1. The SMILES string of the molecule is Cc1ncc(-c2nnnn2C(CC(=O)O)C(C)(C)C)s1. The molecule has 0 saturated carbocycles. The molecule has 2 aromatic heterocycles. The highest BCUT2D eigenvalue weighted by Crippen LogP contribution is 2.36. The summed E-state index contributed by atoms with van der Waals surface area (Å²) in [6.07, 6.45) is 1.68. The summed E-state index contributed by atoms with van der Waals surface area (Å²) in [4.78, 5) is 16.1. The maximum atomic E-state index is 11.1. The molecule has 0 radical (unpaired) electrons. The molecule has 8 heteroatoms. The molecule has 0 spiro atoms. The van der Waals surface area contributed by atoms with Gasteiger partial charge in [-0.05, 0) is 22.8 Å². The quantitative estimate of drug-likeness (QED) is 0.929. The Balaban J connectivity index is 2.45. The third-order valence-corrected chi connectivity index (χ3v) is 3.91. The maximum absolute atomic E-state index is 11.1. The van der Waals surface area contributed by atoms with E-state index in [9.17, 15) is 4.79 Å². The van der Waals surface area contributed by atoms with Gasteiger partial charge in [0.1, 0.15) is 0 Å². The first-order chi connectivity index (χ1) is 9.29. The van der Waals surface area contributed by atoms with Crippen LogP contribution in [0.4, 0.5) is 0 Å². The monoisotopic (exact) mass is 295 g/mol. The minimum absolute atomic E-state index is 0.0284. The van der Waals surface area contributed by atoms with Crippen LogP contribution in [0.15, 0.2) is 6.20 Å². The highest BCUT2D eigenvalue weighted by Gasteiger charge is 2.32. The number of hydrogen-bond acceptors (Lipinski definition) is 6. The molecule has 0 bridgehead atoms. The molecule has 108 valence electrons. The molecule has 1 unspecified atom stereocenters. The summed E-state index contributed by atoms with van der Waals surface area (Å²) in [5.74, 6) is -0.302. The van der Waals surface area contributed by atoms with E-state index in [-0.39, 0.29) is 17.9 Å². The van der Waals surface area contributed by atoms with Gasteiger partial charge in [-0.1, -0.05) is 20.8 Å². The summed E-state index contributed by atoms with van der Waals surface area (Å²) >= 11 is 1.48. The van der Waals surface area contributed by atoms with Crippen LogP contribution in [0, 0.1) is 12.3 Å². The number of hydrogen-bond donors (Lipinski definition) is 1. The first kappa shape index (κ1) is 14.6. The van der Waals surface area contributed by atoms with Gasteiger partial charge in [0, 0.05) is 6.20 Å². The van der Waals surface area contributed by atoms with Crippen LogP contribution in [-0.2, 0) is 4.79 Å². The standard InChI is InChI=1S/C12H17N5O2S/c1-7-13-6-8(20-7)11-14-15-16-17(11)9(5-10(18)19)12(2,3)4/h6,9H,5H2,1-4H3,(H,18,19). The predicted molar refractivity (Wildman–Crippen MR) is 74.4 cm³/mol. The van der Waals surface area contributed by atoms with Crippen molar-refractivity contribution in [3.63, 3.8) is 0 Å². The van der Waals surface area contributed by atoms with E-state index in [1.54, 1.807) is 10.9 Å². The van der Waals surface area contributed by atoms with E-state index < -0.39 is 5.97 Å². The summed E-state index contributed by atoms with van der Waals surface area (Å²) < 4.78 is 1.60. The van der Waals surface area contributed by atoms with Crippen molar-refractivity contribution >= 4 is 17.3 Å². The Kier molecular flexibility index (Phi) is 3.85. The number of nitrogens with zero attached hydrogens (tertiary/aromatic N) is 5. The van der Waals surface area contributed by atoms with E-state index in [2.05, 4.69) is 20.5 Å². The molecule has 2 heterocycles. The van der Waals surface area contributed by atoms with E-state index in [1.165, 1.54) is 11.3 Å². The van der Waals surface area contributed by atoms with Gasteiger partial charge >= 0.3 is 5.97 Å². The predicted octanol–water partition coefficient (Wildman–Crippen LogP) is 2.17. The molecule has 1 atom stereocenters. The van der Waals surface area contributed by atoms with Crippen molar-refractivity contribution in [1.29, 1.82) is 0 Å². The normalized spacial score (nSPS) is 13.4. The number of carboxylic acid groups (broad SMARTS) is 1. The van der Waals surface area contributed by atoms with E-state index in [0.29, 0.717) is 5.82 Å². The maximum Gasteiger partial charge on any atom is 0.305 e. The van der Waals surface area contributed by atoms with Crippen LogP contribution in [0.25, 0.3) is 10.7 Å². The fourth-order valence-corrected chi connectivity index (χ4v) is 2.71. The lowest BCUT2D eigenvalue weighted by Crippen LogP contribution is -2.28. The minimum atomic E-state index is -0.869. The van der Waals surface area contributed by atoms with Crippen LogP contribution in [-0.4, -0.2) is 36.3 Å². The molecule has 0 saturated heterocycles. The van der Waals surface area contributed by atoms with Gasteiger partial charge in [-0.2, -0.15) is 0 Å². The van der Waals surface area contributed by atoms with Gasteiger partial charge in [-0.25, -0.2) is 9.67 Å². The van der Waals surface area contributed by atoms with Crippen LogP contribution in [0.2, 0.25) is 0 Å². The van der Waals surface area contributed by atoms with Gasteiger partial charge < -0.3 is 5.11 Å². The molecule has 7 nitrogen and oxygen atoms in total. The first-order valence-corrected chi connectivity index (χ1v) is 7.03. The van der Waals surface area contributed by atoms with Gasteiger partial charge in [0.2, 0.25) is 0 Å². The summed E-state index contributed by atoms with van der Waals surface area (Å²) in [5, 5.41) is 21.7. The Morgan fingerprint density at radius 1 is 1.50 bits per heavy atom. The second-order valence-corrected chi connectivity index (χ2v) is 6.91. The van der Waals surface area contributed by atoms with Crippen molar-refractivity contribution in [2.75, 3.05) is 0 Å². The second kappa shape index (κ2) is 5.28. The highest BCUT2D eigenvalue weighted by atomic mass is 32.1. The molecule has 0 amide bonds. The Morgan fingerprint density at radius 2 is 2.20 bits per heavy atom.